The van der Waals surface area contributed by atoms with E-state index in [1.54, 1.807) is 12.1 Å². The Morgan fingerprint density at radius 3 is 2.32 bits per heavy atom. The van der Waals surface area contributed by atoms with Crippen molar-refractivity contribution in [3.05, 3.63) is 71.4 Å². The summed E-state index contributed by atoms with van der Waals surface area (Å²) in [6, 6.07) is 11.3. The van der Waals surface area contributed by atoms with Gasteiger partial charge in [-0.05, 0) is 43.3 Å². The minimum atomic E-state index is -0.357. The Kier molecular flexibility index (Phi) is 4.30. The molecule has 126 valence electrons. The zero-order chi connectivity index (χ0) is 18.0. The quantitative estimate of drug-likeness (QED) is 0.385. The monoisotopic (exact) mass is 336 g/mol. The predicted molar refractivity (Wildman–Crippen MR) is 97.5 cm³/mol. The second kappa shape index (κ2) is 6.56. The first-order valence-electron chi connectivity index (χ1n) is 7.53. The van der Waals surface area contributed by atoms with Crippen LogP contribution in [0.4, 0.5) is 4.39 Å². The van der Waals surface area contributed by atoms with Crippen molar-refractivity contribution in [3.8, 4) is 0 Å². The maximum atomic E-state index is 13.2. The largest absolute Gasteiger partial charge is 0.396 e. The lowest BCUT2D eigenvalue weighted by molar-refractivity contribution is 0.627. The Hall–Kier alpha value is -3.48. The highest BCUT2D eigenvalue weighted by Crippen LogP contribution is 2.26. The first-order chi connectivity index (χ1) is 12.0. The highest BCUT2D eigenvalue weighted by Gasteiger charge is 2.11. The van der Waals surface area contributed by atoms with Gasteiger partial charge in [-0.1, -0.05) is 6.07 Å². The zero-order valence-electron chi connectivity index (χ0n) is 13.6. The SMILES string of the molecule is Cc1ncnc2ccc(/C(N)=C(/N=C(N)N)c3ccc(F)cc3)cc12. The first-order valence-corrected chi connectivity index (χ1v) is 7.53. The molecule has 0 aliphatic carbocycles. The molecule has 1 aromatic heterocycles. The molecule has 1 heterocycles. The molecule has 0 amide bonds. The topological polar surface area (TPSA) is 116 Å². The molecule has 6 nitrogen and oxygen atoms in total. The molecule has 25 heavy (non-hydrogen) atoms. The van der Waals surface area contributed by atoms with Crippen molar-refractivity contribution in [2.45, 2.75) is 6.92 Å². The third-order valence-corrected chi connectivity index (χ3v) is 3.76. The van der Waals surface area contributed by atoms with Crippen LogP contribution in [-0.4, -0.2) is 15.9 Å². The van der Waals surface area contributed by atoms with E-state index in [9.17, 15) is 4.39 Å². The van der Waals surface area contributed by atoms with E-state index < -0.39 is 0 Å². The molecule has 0 atom stereocenters. The van der Waals surface area contributed by atoms with Crippen LogP contribution in [0.2, 0.25) is 0 Å². The number of aryl methyl sites for hydroxylation is 1. The van der Waals surface area contributed by atoms with E-state index in [0.717, 1.165) is 22.2 Å². The van der Waals surface area contributed by atoms with Gasteiger partial charge in [-0.15, -0.1) is 0 Å². The second-order valence-electron chi connectivity index (χ2n) is 5.50. The Morgan fingerprint density at radius 1 is 0.960 bits per heavy atom. The number of aromatic nitrogens is 2. The summed E-state index contributed by atoms with van der Waals surface area (Å²) in [4.78, 5) is 12.5. The number of nitrogens with two attached hydrogens (primary N) is 3. The van der Waals surface area contributed by atoms with Crippen LogP contribution in [0.5, 0.6) is 0 Å². The summed E-state index contributed by atoms with van der Waals surface area (Å²) in [5, 5.41) is 0.881. The average molecular weight is 336 g/mol. The maximum Gasteiger partial charge on any atom is 0.191 e. The van der Waals surface area contributed by atoms with E-state index >= 15 is 0 Å². The predicted octanol–water partition coefficient (Wildman–Crippen LogP) is 2.14. The molecular weight excluding hydrogens is 319 g/mol. The van der Waals surface area contributed by atoms with Gasteiger partial charge in [-0.2, -0.15) is 0 Å². The smallest absolute Gasteiger partial charge is 0.191 e. The molecule has 0 aliphatic rings. The lowest BCUT2D eigenvalue weighted by Gasteiger charge is -2.10. The lowest BCUT2D eigenvalue weighted by atomic mass is 10.0. The molecule has 0 saturated heterocycles. The van der Waals surface area contributed by atoms with Gasteiger partial charge < -0.3 is 17.2 Å². The number of hydrogen-bond acceptors (Lipinski definition) is 4. The molecule has 7 heteroatoms. The molecule has 0 saturated carbocycles. The molecule has 3 aromatic rings. The van der Waals surface area contributed by atoms with Crippen molar-refractivity contribution >= 4 is 28.3 Å². The summed E-state index contributed by atoms with van der Waals surface area (Å²) in [6.45, 7) is 1.89. The number of hydrogen-bond donors (Lipinski definition) is 3. The van der Waals surface area contributed by atoms with Crippen LogP contribution < -0.4 is 17.2 Å². The standard InChI is InChI=1S/C18H17FN6/c1-10-14-8-12(4-7-15(14)24-9-23-10)16(20)17(25-18(21)22)11-2-5-13(19)6-3-11/h2-9H,20H2,1H3,(H4,21,22,25)/b17-16-. The molecule has 2 aromatic carbocycles. The van der Waals surface area contributed by atoms with Gasteiger partial charge in [-0.25, -0.2) is 19.4 Å². The molecule has 3 rings (SSSR count). The molecule has 0 radical (unpaired) electrons. The van der Waals surface area contributed by atoms with Gasteiger partial charge in [0.15, 0.2) is 5.96 Å². The highest BCUT2D eigenvalue weighted by atomic mass is 19.1. The average Bonchev–Trinajstić information content (AvgIpc) is 2.60. The molecule has 0 bridgehead atoms. The van der Waals surface area contributed by atoms with Crippen molar-refractivity contribution in [1.82, 2.24) is 9.97 Å². The number of aliphatic imine (C=N–C) groups is 1. The van der Waals surface area contributed by atoms with E-state index in [2.05, 4.69) is 15.0 Å². The van der Waals surface area contributed by atoms with Crippen LogP contribution in [0.15, 0.2) is 53.8 Å². The van der Waals surface area contributed by atoms with Gasteiger partial charge in [0, 0.05) is 22.2 Å². The number of halogens is 1. The molecule has 0 spiro atoms. The molecular formula is C18H17FN6. The van der Waals surface area contributed by atoms with Gasteiger partial charge in [-0.3, -0.25) is 0 Å². The van der Waals surface area contributed by atoms with E-state index in [1.165, 1.54) is 18.5 Å². The zero-order valence-corrected chi connectivity index (χ0v) is 13.6. The van der Waals surface area contributed by atoms with Crippen LogP contribution in [0.1, 0.15) is 16.8 Å². The first kappa shape index (κ1) is 16.4. The van der Waals surface area contributed by atoms with E-state index in [4.69, 9.17) is 17.2 Å². The fourth-order valence-corrected chi connectivity index (χ4v) is 2.51. The summed E-state index contributed by atoms with van der Waals surface area (Å²) in [5.74, 6) is -0.493. The van der Waals surface area contributed by atoms with E-state index in [0.29, 0.717) is 17.0 Å². The van der Waals surface area contributed by atoms with Crippen molar-refractivity contribution in [3.63, 3.8) is 0 Å². The van der Waals surface area contributed by atoms with Crippen molar-refractivity contribution in [2.24, 2.45) is 22.2 Å². The van der Waals surface area contributed by atoms with Crippen LogP contribution in [0.25, 0.3) is 22.3 Å². The van der Waals surface area contributed by atoms with E-state index in [-0.39, 0.29) is 11.8 Å². The molecule has 0 unspecified atom stereocenters. The van der Waals surface area contributed by atoms with E-state index in [1.807, 2.05) is 25.1 Å². The Labute approximate surface area is 143 Å². The van der Waals surface area contributed by atoms with Gasteiger partial charge in [0.1, 0.15) is 12.1 Å². The number of fused-ring (bicyclic) bond motifs is 1. The third-order valence-electron chi connectivity index (χ3n) is 3.76. The fourth-order valence-electron chi connectivity index (χ4n) is 2.51. The molecule has 0 aliphatic heterocycles. The van der Waals surface area contributed by atoms with Gasteiger partial charge in [0.25, 0.3) is 0 Å². The molecule has 6 N–H and O–H groups in total. The number of benzene rings is 2. The van der Waals surface area contributed by atoms with Crippen molar-refractivity contribution < 1.29 is 4.39 Å². The maximum absolute atomic E-state index is 13.2. The van der Waals surface area contributed by atoms with Crippen LogP contribution in [-0.2, 0) is 0 Å². The summed E-state index contributed by atoms with van der Waals surface area (Å²) >= 11 is 0. The highest BCUT2D eigenvalue weighted by molar-refractivity contribution is 5.96. The van der Waals surface area contributed by atoms with Crippen molar-refractivity contribution in [2.75, 3.05) is 0 Å². The van der Waals surface area contributed by atoms with Gasteiger partial charge in [0.05, 0.1) is 16.9 Å². The molecule has 0 fully saturated rings. The lowest BCUT2D eigenvalue weighted by Crippen LogP contribution is -2.23. The van der Waals surface area contributed by atoms with Gasteiger partial charge >= 0.3 is 0 Å². The second-order valence-corrected chi connectivity index (χ2v) is 5.50. The minimum absolute atomic E-state index is 0.137. The summed E-state index contributed by atoms with van der Waals surface area (Å²) in [5.41, 5.74) is 21.1. The summed E-state index contributed by atoms with van der Waals surface area (Å²) < 4.78 is 13.2. The van der Waals surface area contributed by atoms with Crippen LogP contribution >= 0.6 is 0 Å². The Bertz CT molecular complexity index is 988. The normalized spacial score (nSPS) is 11.9. The van der Waals surface area contributed by atoms with Gasteiger partial charge in [0.2, 0.25) is 0 Å². The number of guanidine groups is 1. The van der Waals surface area contributed by atoms with Crippen molar-refractivity contribution in [1.29, 1.82) is 0 Å². The van der Waals surface area contributed by atoms with Crippen LogP contribution in [0, 0.1) is 12.7 Å². The summed E-state index contributed by atoms with van der Waals surface area (Å²) in [7, 11) is 0. The minimum Gasteiger partial charge on any atom is -0.396 e. The fraction of sp³-hybridized carbons (Fsp3) is 0.0556. The third kappa shape index (κ3) is 3.40. The summed E-state index contributed by atoms with van der Waals surface area (Å²) in [6.07, 6.45) is 1.51. The number of nitrogens with zero attached hydrogens (tertiary/aromatic N) is 3. The Morgan fingerprint density at radius 2 is 1.64 bits per heavy atom. The number of rotatable bonds is 3. The Balaban J connectivity index is 2.21. The van der Waals surface area contributed by atoms with Crippen LogP contribution in [0.3, 0.4) is 0 Å².